The van der Waals surface area contributed by atoms with Crippen molar-refractivity contribution in [2.24, 2.45) is 0 Å². The van der Waals surface area contributed by atoms with E-state index in [0.717, 1.165) is 19.3 Å². The van der Waals surface area contributed by atoms with Gasteiger partial charge >= 0.3 is 0 Å². The van der Waals surface area contributed by atoms with Crippen molar-refractivity contribution in [2.75, 3.05) is 12.3 Å². The molecular formula is C18H26N6O4. The quantitative estimate of drug-likeness (QED) is 0.496. The van der Waals surface area contributed by atoms with Crippen LogP contribution in [0.3, 0.4) is 0 Å². The van der Waals surface area contributed by atoms with E-state index in [1.807, 2.05) is 6.08 Å². The van der Waals surface area contributed by atoms with Gasteiger partial charge in [0.1, 0.15) is 17.7 Å². The number of hydrogen-bond acceptors (Lipinski definition) is 8. The molecule has 0 aliphatic carbocycles. The topological polar surface area (TPSA) is 148 Å². The molecule has 5 N–H and O–H groups in total. The molecule has 0 radical (unpaired) electrons. The Hall–Kier alpha value is -2.56. The van der Waals surface area contributed by atoms with Crippen molar-refractivity contribution < 1.29 is 19.7 Å². The Morgan fingerprint density at radius 2 is 2.14 bits per heavy atom. The highest BCUT2D eigenvalue weighted by atomic mass is 16.6. The summed E-state index contributed by atoms with van der Waals surface area (Å²) in [4.78, 5) is 24.9. The maximum atomic E-state index is 12.1. The number of amides is 1. The number of unbranched alkanes of at least 4 members (excludes halogenated alkanes) is 2. The zero-order valence-electron chi connectivity index (χ0n) is 15.9. The molecule has 1 fully saturated rings. The number of rotatable bonds is 7. The predicted molar refractivity (Wildman–Crippen MR) is 103 cm³/mol. The van der Waals surface area contributed by atoms with Crippen LogP contribution in [0.5, 0.6) is 0 Å². The van der Waals surface area contributed by atoms with Crippen molar-refractivity contribution in [1.82, 2.24) is 24.8 Å². The Kier molecular flexibility index (Phi) is 6.22. The summed E-state index contributed by atoms with van der Waals surface area (Å²) in [5.74, 6) is 0.123. The number of anilines is 1. The highest BCUT2D eigenvalue weighted by molar-refractivity contribution is 5.83. The molecule has 10 nitrogen and oxygen atoms in total. The van der Waals surface area contributed by atoms with Crippen LogP contribution in [-0.2, 0) is 9.53 Å². The second-order valence-electron chi connectivity index (χ2n) is 6.66. The van der Waals surface area contributed by atoms with Crippen molar-refractivity contribution in [1.29, 1.82) is 0 Å². The predicted octanol–water partition coefficient (Wildman–Crippen LogP) is 0.367. The number of aliphatic hydroxyl groups excluding tert-OH is 2. The van der Waals surface area contributed by atoms with Crippen LogP contribution < -0.4 is 11.1 Å². The molecule has 0 bridgehead atoms. The minimum atomic E-state index is -1.37. The standard InChI is InChI=1S/C18H26N6O4/c1-3-5-6-7-8-10-22-15(19)11-16(23-10)24(9-21-11)18-13(26)12(25)14(28-18)17(27)20-4-2/h7-9,12-14,18,25-26H,3-6H2,1-2H3,(H,20,27)(H2,19,22,23)/b8-7-/t12-,13+,14-,18+/m0/s1. The van der Waals surface area contributed by atoms with Crippen LogP contribution in [0.4, 0.5) is 5.82 Å². The molecule has 152 valence electrons. The molecule has 10 heteroatoms. The fourth-order valence-corrected chi connectivity index (χ4v) is 3.11. The van der Waals surface area contributed by atoms with Gasteiger partial charge in [-0.15, -0.1) is 0 Å². The second-order valence-corrected chi connectivity index (χ2v) is 6.66. The van der Waals surface area contributed by atoms with Gasteiger partial charge in [-0.25, -0.2) is 15.0 Å². The van der Waals surface area contributed by atoms with E-state index < -0.39 is 30.4 Å². The maximum absolute atomic E-state index is 12.1. The first-order valence-corrected chi connectivity index (χ1v) is 9.43. The minimum Gasteiger partial charge on any atom is -0.387 e. The molecule has 1 aliphatic rings. The van der Waals surface area contributed by atoms with Crippen molar-refractivity contribution in [3.63, 3.8) is 0 Å². The largest absolute Gasteiger partial charge is 0.387 e. The Labute approximate surface area is 162 Å². The normalized spacial score (nSPS) is 25.0. The minimum absolute atomic E-state index is 0.201. The number of nitrogens with one attached hydrogen (secondary N) is 1. The van der Waals surface area contributed by atoms with Gasteiger partial charge in [0.15, 0.2) is 29.6 Å². The average Bonchev–Trinajstić information content (AvgIpc) is 3.21. The van der Waals surface area contributed by atoms with E-state index in [2.05, 4.69) is 27.2 Å². The second kappa shape index (κ2) is 8.63. The van der Waals surface area contributed by atoms with E-state index in [1.165, 1.54) is 10.9 Å². The summed E-state index contributed by atoms with van der Waals surface area (Å²) in [7, 11) is 0. The van der Waals surface area contributed by atoms with Gasteiger partial charge in [-0.3, -0.25) is 9.36 Å². The number of aliphatic hydroxyl groups is 2. The number of aromatic nitrogens is 4. The highest BCUT2D eigenvalue weighted by Gasteiger charge is 2.47. The molecule has 3 rings (SSSR count). The van der Waals surface area contributed by atoms with Crippen molar-refractivity contribution in [3.05, 3.63) is 18.2 Å². The first-order valence-electron chi connectivity index (χ1n) is 9.43. The van der Waals surface area contributed by atoms with Crippen LogP contribution in [0.25, 0.3) is 17.2 Å². The summed E-state index contributed by atoms with van der Waals surface area (Å²) >= 11 is 0. The zero-order valence-corrected chi connectivity index (χ0v) is 15.9. The molecule has 0 saturated carbocycles. The zero-order chi connectivity index (χ0) is 20.3. The van der Waals surface area contributed by atoms with Gasteiger partial charge in [0, 0.05) is 6.54 Å². The van der Waals surface area contributed by atoms with E-state index in [-0.39, 0.29) is 5.82 Å². The number of imidazole rings is 1. The summed E-state index contributed by atoms with van der Waals surface area (Å²) in [5, 5.41) is 23.2. The summed E-state index contributed by atoms with van der Waals surface area (Å²) in [5.41, 5.74) is 6.71. The van der Waals surface area contributed by atoms with Gasteiger partial charge in [-0.2, -0.15) is 0 Å². The van der Waals surface area contributed by atoms with Gasteiger partial charge in [0.2, 0.25) is 0 Å². The Bertz CT molecular complexity index is 867. The number of nitrogens with two attached hydrogens (primary N) is 1. The van der Waals surface area contributed by atoms with Gasteiger partial charge in [-0.1, -0.05) is 25.8 Å². The summed E-state index contributed by atoms with van der Waals surface area (Å²) in [6.45, 7) is 4.26. The molecule has 0 unspecified atom stereocenters. The Morgan fingerprint density at radius 3 is 2.86 bits per heavy atom. The molecule has 3 heterocycles. The van der Waals surface area contributed by atoms with Crippen molar-refractivity contribution in [2.45, 2.75) is 57.6 Å². The van der Waals surface area contributed by atoms with Crippen LogP contribution in [0.2, 0.25) is 0 Å². The van der Waals surface area contributed by atoms with Gasteiger partial charge in [-0.05, 0) is 19.4 Å². The number of nitrogens with zero attached hydrogens (tertiary/aromatic N) is 4. The molecule has 0 spiro atoms. The van der Waals surface area contributed by atoms with Crippen LogP contribution >= 0.6 is 0 Å². The number of allylic oxidation sites excluding steroid dienone is 1. The van der Waals surface area contributed by atoms with E-state index in [4.69, 9.17) is 10.5 Å². The van der Waals surface area contributed by atoms with Gasteiger partial charge in [0.05, 0.1) is 6.33 Å². The van der Waals surface area contributed by atoms with E-state index in [9.17, 15) is 15.0 Å². The van der Waals surface area contributed by atoms with Gasteiger partial charge < -0.3 is 26.0 Å². The monoisotopic (exact) mass is 390 g/mol. The number of hydrogen-bond donors (Lipinski definition) is 4. The summed E-state index contributed by atoms with van der Waals surface area (Å²) in [6, 6.07) is 0. The van der Waals surface area contributed by atoms with Crippen molar-refractivity contribution >= 4 is 29.0 Å². The molecule has 2 aromatic rings. The third-order valence-electron chi connectivity index (χ3n) is 4.58. The lowest BCUT2D eigenvalue weighted by atomic mass is 10.1. The van der Waals surface area contributed by atoms with Crippen LogP contribution in [0.1, 0.15) is 45.2 Å². The van der Waals surface area contributed by atoms with E-state index in [0.29, 0.717) is 23.5 Å². The number of fused-ring (bicyclic) bond motifs is 1. The number of nitrogen functional groups attached to an aromatic ring is 1. The lowest BCUT2D eigenvalue weighted by Gasteiger charge is -2.16. The number of carbonyl (C=O) groups excluding carboxylic acids is 1. The third-order valence-corrected chi connectivity index (χ3v) is 4.58. The molecule has 1 aliphatic heterocycles. The average molecular weight is 390 g/mol. The lowest BCUT2D eigenvalue weighted by Crippen LogP contribution is -2.42. The highest BCUT2D eigenvalue weighted by Crippen LogP contribution is 2.32. The molecule has 2 aromatic heterocycles. The number of carbonyl (C=O) groups is 1. The Morgan fingerprint density at radius 1 is 1.36 bits per heavy atom. The van der Waals surface area contributed by atoms with Crippen LogP contribution in [0, 0.1) is 0 Å². The lowest BCUT2D eigenvalue weighted by molar-refractivity contribution is -0.137. The molecule has 0 aromatic carbocycles. The third kappa shape index (κ3) is 3.84. The van der Waals surface area contributed by atoms with E-state index in [1.54, 1.807) is 13.0 Å². The SMILES string of the molecule is CCCC/C=C\c1nc(N)c2ncn([C@@H]3O[C@H](C(=O)NCC)[C@@H](O)[C@H]3O)c2n1. The van der Waals surface area contributed by atoms with Crippen molar-refractivity contribution in [3.8, 4) is 0 Å². The van der Waals surface area contributed by atoms with Crippen LogP contribution in [0.15, 0.2) is 12.4 Å². The number of likely N-dealkylation sites (N-methyl/N-ethyl adjacent to an activating group) is 1. The maximum Gasteiger partial charge on any atom is 0.252 e. The van der Waals surface area contributed by atoms with E-state index >= 15 is 0 Å². The Balaban J connectivity index is 1.91. The first kappa shape index (κ1) is 20.2. The molecule has 1 saturated heterocycles. The first-order chi connectivity index (χ1) is 13.5. The fourth-order valence-electron chi connectivity index (χ4n) is 3.11. The molecule has 28 heavy (non-hydrogen) atoms. The summed E-state index contributed by atoms with van der Waals surface area (Å²) < 4.78 is 7.10. The molecular weight excluding hydrogens is 364 g/mol. The van der Waals surface area contributed by atoms with Gasteiger partial charge in [0.25, 0.3) is 5.91 Å². The smallest absolute Gasteiger partial charge is 0.252 e. The summed E-state index contributed by atoms with van der Waals surface area (Å²) in [6.07, 6.45) is 3.29. The number of ether oxygens (including phenoxy) is 1. The van der Waals surface area contributed by atoms with Crippen LogP contribution in [-0.4, -0.2) is 60.5 Å². The molecule has 1 amide bonds. The fraction of sp³-hybridized carbons (Fsp3) is 0.556. The molecule has 4 atom stereocenters.